The molecule has 1 aliphatic rings. The molecular formula is C13H19. The van der Waals surface area contributed by atoms with Crippen LogP contribution in [0.2, 0.25) is 0 Å². The van der Waals surface area contributed by atoms with E-state index in [9.17, 15) is 0 Å². The molecule has 0 aromatic rings. The molecule has 0 N–H and O–H groups in total. The standard InChI is InChI=1S/C13H19/c1-2-4-6-8-10-12-13-11-9-7-5-3-1/h1-2,5-7,12-13H,3-4,8-11H2/b2-1-,7-5-,13-12-. The molecule has 0 atom stereocenters. The molecule has 0 aromatic carbocycles. The molecule has 0 saturated carbocycles. The minimum absolute atomic E-state index is 1.09. The molecule has 71 valence electrons. The number of hydrogen-bond acceptors (Lipinski definition) is 0. The molecule has 0 heteroatoms. The van der Waals surface area contributed by atoms with Crippen LogP contribution >= 0.6 is 0 Å². The Labute approximate surface area is 82.0 Å². The van der Waals surface area contributed by atoms with Gasteiger partial charge < -0.3 is 0 Å². The van der Waals surface area contributed by atoms with Crippen molar-refractivity contribution in [1.82, 2.24) is 0 Å². The largest absolute Gasteiger partial charge is 0.0885 e. The molecule has 1 aliphatic carbocycles. The van der Waals surface area contributed by atoms with Crippen molar-refractivity contribution < 1.29 is 0 Å². The third-order valence-electron chi connectivity index (χ3n) is 2.11. The maximum Gasteiger partial charge on any atom is -0.0169 e. The molecule has 0 saturated heterocycles. The number of rotatable bonds is 0. The van der Waals surface area contributed by atoms with E-state index >= 15 is 0 Å². The summed E-state index contributed by atoms with van der Waals surface area (Å²) in [4.78, 5) is 0. The van der Waals surface area contributed by atoms with E-state index in [0.29, 0.717) is 0 Å². The SMILES string of the molecule is [CH]1C/C=C\C/C=C\CC/C=C\CC1. The van der Waals surface area contributed by atoms with Crippen molar-refractivity contribution in [2.75, 3.05) is 0 Å². The van der Waals surface area contributed by atoms with Crippen LogP contribution in [0.5, 0.6) is 0 Å². The van der Waals surface area contributed by atoms with E-state index in [1.807, 2.05) is 0 Å². The highest BCUT2D eigenvalue weighted by molar-refractivity contribution is 4.97. The molecule has 0 unspecified atom stereocenters. The van der Waals surface area contributed by atoms with Gasteiger partial charge in [0, 0.05) is 0 Å². The smallest absolute Gasteiger partial charge is 0.0169 e. The Kier molecular flexibility index (Phi) is 6.22. The van der Waals surface area contributed by atoms with Crippen molar-refractivity contribution in [1.29, 1.82) is 0 Å². The lowest BCUT2D eigenvalue weighted by Gasteiger charge is -1.91. The van der Waals surface area contributed by atoms with Crippen LogP contribution < -0.4 is 0 Å². The molecule has 13 heavy (non-hydrogen) atoms. The third-order valence-corrected chi connectivity index (χ3v) is 2.11. The highest BCUT2D eigenvalue weighted by atomic mass is 13.9. The summed E-state index contributed by atoms with van der Waals surface area (Å²) in [5.41, 5.74) is 0. The van der Waals surface area contributed by atoms with E-state index in [1.54, 1.807) is 0 Å². The molecular weight excluding hydrogens is 156 g/mol. The third kappa shape index (κ3) is 6.39. The molecule has 0 nitrogen and oxygen atoms in total. The Hall–Kier alpha value is -0.780. The Bertz CT molecular complexity index is 184. The van der Waals surface area contributed by atoms with Crippen LogP contribution in [0.25, 0.3) is 0 Å². The summed E-state index contributed by atoms with van der Waals surface area (Å²) < 4.78 is 0. The van der Waals surface area contributed by atoms with Gasteiger partial charge in [-0.3, -0.25) is 0 Å². The van der Waals surface area contributed by atoms with E-state index in [4.69, 9.17) is 0 Å². The minimum atomic E-state index is 1.09. The first-order valence-electron chi connectivity index (χ1n) is 5.27. The van der Waals surface area contributed by atoms with Crippen molar-refractivity contribution in [3.05, 3.63) is 42.9 Å². The van der Waals surface area contributed by atoms with Gasteiger partial charge in [-0.05, 0) is 44.9 Å². The zero-order valence-electron chi connectivity index (χ0n) is 8.28. The van der Waals surface area contributed by atoms with Gasteiger partial charge in [-0.15, -0.1) is 0 Å². The second-order valence-electron chi connectivity index (χ2n) is 3.33. The summed E-state index contributed by atoms with van der Waals surface area (Å²) in [5, 5.41) is 0. The summed E-state index contributed by atoms with van der Waals surface area (Å²) in [6, 6.07) is 0. The van der Waals surface area contributed by atoms with Crippen LogP contribution in [0.1, 0.15) is 38.5 Å². The van der Waals surface area contributed by atoms with Crippen molar-refractivity contribution in [2.24, 2.45) is 0 Å². The molecule has 0 aromatic heterocycles. The predicted molar refractivity (Wildman–Crippen MR) is 59.4 cm³/mol. The molecule has 0 fully saturated rings. The lowest BCUT2D eigenvalue weighted by atomic mass is 10.1. The fourth-order valence-corrected chi connectivity index (χ4v) is 1.34. The van der Waals surface area contributed by atoms with Gasteiger partial charge in [0.1, 0.15) is 0 Å². The van der Waals surface area contributed by atoms with Crippen LogP contribution in [-0.2, 0) is 0 Å². The molecule has 0 spiro atoms. The normalized spacial score (nSPS) is 27.7. The Morgan fingerprint density at radius 3 is 1.85 bits per heavy atom. The van der Waals surface area contributed by atoms with Gasteiger partial charge in [0.2, 0.25) is 0 Å². The van der Waals surface area contributed by atoms with Crippen molar-refractivity contribution in [2.45, 2.75) is 38.5 Å². The van der Waals surface area contributed by atoms with Crippen LogP contribution in [-0.4, -0.2) is 0 Å². The highest BCUT2D eigenvalue weighted by Crippen LogP contribution is 2.04. The first kappa shape index (κ1) is 10.3. The summed E-state index contributed by atoms with van der Waals surface area (Å²) in [6.07, 6.45) is 23.0. The summed E-state index contributed by atoms with van der Waals surface area (Å²) in [6.45, 7) is 0. The molecule has 0 bridgehead atoms. The topological polar surface area (TPSA) is 0 Å². The monoisotopic (exact) mass is 175 g/mol. The van der Waals surface area contributed by atoms with Gasteiger partial charge >= 0.3 is 0 Å². The maximum absolute atomic E-state index is 2.35. The maximum atomic E-state index is 2.35. The first-order chi connectivity index (χ1) is 6.50. The summed E-state index contributed by atoms with van der Waals surface area (Å²) >= 11 is 0. The Balaban J connectivity index is 2.28. The Morgan fingerprint density at radius 1 is 0.462 bits per heavy atom. The van der Waals surface area contributed by atoms with E-state index in [0.717, 1.165) is 12.8 Å². The second-order valence-corrected chi connectivity index (χ2v) is 3.33. The zero-order valence-corrected chi connectivity index (χ0v) is 8.28. The lowest BCUT2D eigenvalue weighted by molar-refractivity contribution is 0.924. The van der Waals surface area contributed by atoms with E-state index in [2.05, 4.69) is 42.9 Å². The Morgan fingerprint density at radius 2 is 1.00 bits per heavy atom. The van der Waals surface area contributed by atoms with Crippen LogP contribution in [0, 0.1) is 6.42 Å². The molecule has 0 heterocycles. The fourth-order valence-electron chi connectivity index (χ4n) is 1.34. The lowest BCUT2D eigenvalue weighted by Crippen LogP contribution is -1.73. The highest BCUT2D eigenvalue weighted by Gasteiger charge is 1.85. The molecule has 1 rings (SSSR count). The fraction of sp³-hybridized carbons (Fsp3) is 0.462. The summed E-state index contributed by atoms with van der Waals surface area (Å²) in [5.74, 6) is 0. The van der Waals surface area contributed by atoms with E-state index in [1.165, 1.54) is 25.7 Å². The molecule has 1 radical (unpaired) electrons. The van der Waals surface area contributed by atoms with Crippen molar-refractivity contribution in [3.8, 4) is 0 Å². The number of allylic oxidation sites excluding steroid dienone is 6. The van der Waals surface area contributed by atoms with E-state index in [-0.39, 0.29) is 0 Å². The first-order valence-corrected chi connectivity index (χ1v) is 5.27. The second kappa shape index (κ2) is 7.85. The van der Waals surface area contributed by atoms with Gasteiger partial charge in [-0.1, -0.05) is 36.5 Å². The van der Waals surface area contributed by atoms with Crippen LogP contribution in [0.15, 0.2) is 36.5 Å². The zero-order chi connectivity index (χ0) is 9.19. The van der Waals surface area contributed by atoms with Crippen LogP contribution in [0.3, 0.4) is 0 Å². The number of hydrogen-bond donors (Lipinski definition) is 0. The van der Waals surface area contributed by atoms with Crippen LogP contribution in [0.4, 0.5) is 0 Å². The predicted octanol–water partition coefficient (Wildman–Crippen LogP) is 4.21. The molecule has 0 amide bonds. The summed E-state index contributed by atoms with van der Waals surface area (Å²) in [7, 11) is 0. The average molecular weight is 175 g/mol. The van der Waals surface area contributed by atoms with Gasteiger partial charge in [0.25, 0.3) is 0 Å². The minimum Gasteiger partial charge on any atom is -0.0885 e. The van der Waals surface area contributed by atoms with Crippen molar-refractivity contribution in [3.63, 3.8) is 0 Å². The van der Waals surface area contributed by atoms with Crippen molar-refractivity contribution >= 4 is 0 Å². The van der Waals surface area contributed by atoms with Gasteiger partial charge in [-0.2, -0.15) is 0 Å². The quantitative estimate of drug-likeness (QED) is 0.484. The van der Waals surface area contributed by atoms with E-state index < -0.39 is 0 Å². The van der Waals surface area contributed by atoms with Gasteiger partial charge in [-0.25, -0.2) is 0 Å². The average Bonchev–Trinajstić information content (AvgIpc) is 2.18. The van der Waals surface area contributed by atoms with Gasteiger partial charge in [0.15, 0.2) is 0 Å². The van der Waals surface area contributed by atoms with Gasteiger partial charge in [0.05, 0.1) is 0 Å². The molecule has 0 aliphatic heterocycles.